The molecule has 1 aliphatic rings. The van der Waals surface area contributed by atoms with Crippen LogP contribution in [0.1, 0.15) is 24.2 Å². The molecule has 0 unspecified atom stereocenters. The highest BCUT2D eigenvalue weighted by Crippen LogP contribution is 2.38. The summed E-state index contributed by atoms with van der Waals surface area (Å²) < 4.78 is 6.13. The monoisotopic (exact) mass is 224 g/mol. The second-order valence-corrected chi connectivity index (χ2v) is 4.74. The van der Waals surface area contributed by atoms with Crippen LogP contribution in [0.25, 0.3) is 0 Å². The molecule has 0 saturated heterocycles. The molecular weight excluding hydrogens is 208 g/mol. The molecule has 3 rings (SSSR count). The number of hydrogen-bond acceptors (Lipinski definition) is 1. The number of para-hydroxylation sites is 1. The largest absolute Gasteiger partial charge is 0.485 e. The molecule has 0 saturated carbocycles. The molecule has 0 aromatic heterocycles. The van der Waals surface area contributed by atoms with Crippen molar-refractivity contribution >= 4 is 0 Å². The van der Waals surface area contributed by atoms with Crippen LogP contribution in [-0.2, 0) is 6.42 Å². The highest BCUT2D eigenvalue weighted by atomic mass is 16.5. The average molecular weight is 224 g/mol. The van der Waals surface area contributed by atoms with Crippen molar-refractivity contribution in [3.63, 3.8) is 0 Å². The van der Waals surface area contributed by atoms with Gasteiger partial charge in [-0.1, -0.05) is 55.5 Å². The fraction of sp³-hybridized carbons (Fsp3) is 0.250. The minimum absolute atomic E-state index is 0.186. The molecule has 0 amide bonds. The first-order valence-corrected chi connectivity index (χ1v) is 6.14. The standard InChI is InChI=1S/C16H16O/c1-12-11-14-9-5-6-10-15(14)17-16(12)13-7-3-2-4-8-13/h2-10,12,16H,11H2,1H3/t12-,16-/m0/s1. The third-order valence-electron chi connectivity index (χ3n) is 3.41. The lowest BCUT2D eigenvalue weighted by atomic mass is 9.88. The minimum Gasteiger partial charge on any atom is -0.485 e. The summed E-state index contributed by atoms with van der Waals surface area (Å²) in [6.45, 7) is 2.26. The highest BCUT2D eigenvalue weighted by Gasteiger charge is 2.27. The zero-order valence-electron chi connectivity index (χ0n) is 9.97. The molecule has 0 fully saturated rings. The topological polar surface area (TPSA) is 9.23 Å². The van der Waals surface area contributed by atoms with Crippen LogP contribution in [0.4, 0.5) is 0 Å². The van der Waals surface area contributed by atoms with Gasteiger partial charge in [-0.3, -0.25) is 0 Å². The van der Waals surface area contributed by atoms with E-state index in [4.69, 9.17) is 4.74 Å². The second-order valence-electron chi connectivity index (χ2n) is 4.74. The summed E-state index contributed by atoms with van der Waals surface area (Å²) in [6, 6.07) is 18.8. The molecule has 1 aliphatic heterocycles. The molecule has 86 valence electrons. The molecule has 2 atom stereocenters. The number of fused-ring (bicyclic) bond motifs is 1. The fourth-order valence-electron chi connectivity index (χ4n) is 2.53. The third-order valence-corrected chi connectivity index (χ3v) is 3.41. The summed E-state index contributed by atoms with van der Waals surface area (Å²) in [7, 11) is 0. The SMILES string of the molecule is C[C@H]1Cc2ccccc2O[C@@H]1c1ccccc1. The Bertz CT molecular complexity index is 504. The zero-order valence-corrected chi connectivity index (χ0v) is 9.97. The highest BCUT2D eigenvalue weighted by molar-refractivity contribution is 5.37. The van der Waals surface area contributed by atoms with Crippen molar-refractivity contribution in [3.8, 4) is 5.75 Å². The van der Waals surface area contributed by atoms with Gasteiger partial charge in [-0.25, -0.2) is 0 Å². The Morgan fingerprint density at radius 3 is 2.47 bits per heavy atom. The van der Waals surface area contributed by atoms with Gasteiger partial charge in [0.25, 0.3) is 0 Å². The third kappa shape index (κ3) is 1.93. The molecule has 2 aromatic carbocycles. The minimum atomic E-state index is 0.186. The second kappa shape index (κ2) is 4.25. The van der Waals surface area contributed by atoms with E-state index in [-0.39, 0.29) is 6.10 Å². The Labute approximate surface area is 102 Å². The lowest BCUT2D eigenvalue weighted by Gasteiger charge is -2.31. The molecule has 0 bridgehead atoms. The number of benzene rings is 2. The molecule has 0 radical (unpaired) electrons. The van der Waals surface area contributed by atoms with Crippen LogP contribution in [0.2, 0.25) is 0 Å². The van der Waals surface area contributed by atoms with E-state index < -0.39 is 0 Å². The van der Waals surface area contributed by atoms with Crippen molar-refractivity contribution in [2.24, 2.45) is 5.92 Å². The van der Waals surface area contributed by atoms with E-state index in [2.05, 4.69) is 49.4 Å². The van der Waals surface area contributed by atoms with Crippen LogP contribution in [0, 0.1) is 5.92 Å². The van der Waals surface area contributed by atoms with Crippen LogP contribution in [0.15, 0.2) is 54.6 Å². The lowest BCUT2D eigenvalue weighted by Crippen LogP contribution is -2.23. The Kier molecular flexibility index (Phi) is 2.60. The van der Waals surface area contributed by atoms with E-state index in [1.165, 1.54) is 11.1 Å². The molecular formula is C16H16O. The van der Waals surface area contributed by atoms with Gasteiger partial charge in [0.2, 0.25) is 0 Å². The van der Waals surface area contributed by atoms with Crippen LogP contribution in [0.3, 0.4) is 0 Å². The van der Waals surface area contributed by atoms with Gasteiger partial charge >= 0.3 is 0 Å². The van der Waals surface area contributed by atoms with Crippen molar-refractivity contribution in [2.75, 3.05) is 0 Å². The first-order valence-electron chi connectivity index (χ1n) is 6.14. The average Bonchev–Trinajstić information content (AvgIpc) is 2.39. The zero-order chi connectivity index (χ0) is 11.7. The van der Waals surface area contributed by atoms with Crippen molar-refractivity contribution in [2.45, 2.75) is 19.4 Å². The lowest BCUT2D eigenvalue weighted by molar-refractivity contribution is 0.123. The predicted molar refractivity (Wildman–Crippen MR) is 69.1 cm³/mol. The van der Waals surface area contributed by atoms with E-state index in [9.17, 15) is 0 Å². The van der Waals surface area contributed by atoms with Crippen molar-refractivity contribution in [1.82, 2.24) is 0 Å². The quantitative estimate of drug-likeness (QED) is 0.711. The Morgan fingerprint density at radius 2 is 1.65 bits per heavy atom. The maximum atomic E-state index is 6.13. The van der Waals surface area contributed by atoms with E-state index in [1.54, 1.807) is 0 Å². The molecule has 0 N–H and O–H groups in total. The van der Waals surface area contributed by atoms with Gasteiger partial charge in [-0.15, -0.1) is 0 Å². The summed E-state index contributed by atoms with van der Waals surface area (Å²) in [4.78, 5) is 0. The summed E-state index contributed by atoms with van der Waals surface area (Å²) >= 11 is 0. The van der Waals surface area contributed by atoms with Gasteiger partial charge in [-0.2, -0.15) is 0 Å². The first-order chi connectivity index (χ1) is 8.34. The van der Waals surface area contributed by atoms with Gasteiger partial charge in [-0.05, 0) is 23.6 Å². The van der Waals surface area contributed by atoms with Gasteiger partial charge < -0.3 is 4.74 Å². The van der Waals surface area contributed by atoms with Crippen molar-refractivity contribution in [3.05, 3.63) is 65.7 Å². The van der Waals surface area contributed by atoms with Crippen LogP contribution in [-0.4, -0.2) is 0 Å². The summed E-state index contributed by atoms with van der Waals surface area (Å²) in [5.74, 6) is 1.56. The Balaban J connectivity index is 1.95. The summed E-state index contributed by atoms with van der Waals surface area (Å²) in [6.07, 6.45) is 1.28. The normalized spacial score (nSPS) is 22.6. The van der Waals surface area contributed by atoms with E-state index in [1.807, 2.05) is 12.1 Å². The molecule has 0 aliphatic carbocycles. The van der Waals surface area contributed by atoms with E-state index in [0.717, 1.165) is 12.2 Å². The maximum absolute atomic E-state index is 6.13. The van der Waals surface area contributed by atoms with Crippen molar-refractivity contribution < 1.29 is 4.74 Å². The van der Waals surface area contributed by atoms with Crippen LogP contribution >= 0.6 is 0 Å². The Morgan fingerprint density at radius 1 is 0.941 bits per heavy atom. The van der Waals surface area contributed by atoms with E-state index in [0.29, 0.717) is 5.92 Å². The van der Waals surface area contributed by atoms with Crippen LogP contribution in [0.5, 0.6) is 5.75 Å². The van der Waals surface area contributed by atoms with E-state index >= 15 is 0 Å². The summed E-state index contributed by atoms with van der Waals surface area (Å²) in [5.41, 5.74) is 2.60. The number of rotatable bonds is 1. The smallest absolute Gasteiger partial charge is 0.127 e. The number of hydrogen-bond donors (Lipinski definition) is 0. The predicted octanol–water partition coefficient (Wildman–Crippen LogP) is 4.00. The van der Waals surface area contributed by atoms with Crippen LogP contribution < -0.4 is 4.74 Å². The fourth-order valence-corrected chi connectivity index (χ4v) is 2.53. The van der Waals surface area contributed by atoms with Gasteiger partial charge in [0, 0.05) is 5.92 Å². The first kappa shape index (κ1) is 10.4. The summed E-state index contributed by atoms with van der Waals surface area (Å²) in [5, 5.41) is 0. The Hall–Kier alpha value is -1.76. The van der Waals surface area contributed by atoms with Gasteiger partial charge in [0.15, 0.2) is 0 Å². The molecule has 1 heterocycles. The van der Waals surface area contributed by atoms with Crippen molar-refractivity contribution in [1.29, 1.82) is 0 Å². The van der Waals surface area contributed by atoms with Gasteiger partial charge in [0.05, 0.1) is 0 Å². The maximum Gasteiger partial charge on any atom is 0.127 e. The number of ether oxygens (including phenoxy) is 1. The molecule has 1 nitrogen and oxygen atoms in total. The molecule has 0 spiro atoms. The molecule has 2 aromatic rings. The molecule has 17 heavy (non-hydrogen) atoms. The molecule has 1 heteroatoms. The van der Waals surface area contributed by atoms with Gasteiger partial charge in [0.1, 0.15) is 11.9 Å².